The molecule has 3 aromatic rings. The third-order valence-corrected chi connectivity index (χ3v) is 6.78. The summed E-state index contributed by atoms with van der Waals surface area (Å²) >= 11 is 0. The predicted octanol–water partition coefficient (Wildman–Crippen LogP) is 7.15. The molecule has 0 bridgehead atoms. The van der Waals surface area contributed by atoms with Gasteiger partial charge >= 0.3 is 5.97 Å². The van der Waals surface area contributed by atoms with E-state index in [0.29, 0.717) is 18.9 Å². The van der Waals surface area contributed by atoms with Crippen LogP contribution in [0.15, 0.2) is 72.8 Å². The van der Waals surface area contributed by atoms with Crippen molar-refractivity contribution in [2.75, 3.05) is 19.6 Å². The van der Waals surface area contributed by atoms with Crippen LogP contribution in [0.1, 0.15) is 62.6 Å². The summed E-state index contributed by atoms with van der Waals surface area (Å²) in [6, 6.07) is 25.7. The number of carbonyl (C=O) groups is 1. The number of aryl methyl sites for hydroxylation is 1. The van der Waals surface area contributed by atoms with Crippen molar-refractivity contribution in [3.05, 3.63) is 89.5 Å². The number of piperidine rings is 1. The molecule has 0 saturated carbocycles. The van der Waals surface area contributed by atoms with Crippen molar-refractivity contribution in [1.29, 1.82) is 0 Å². The molecule has 0 amide bonds. The first kappa shape index (κ1) is 26.0. The molecule has 1 saturated heterocycles. The van der Waals surface area contributed by atoms with E-state index >= 15 is 0 Å². The Morgan fingerprint density at radius 3 is 2.28 bits per heavy atom. The second-order valence-corrected chi connectivity index (χ2v) is 10.8. The molecule has 0 aliphatic carbocycles. The fourth-order valence-electron chi connectivity index (χ4n) is 4.85. The lowest BCUT2D eigenvalue weighted by atomic mass is 9.89. The molecular weight excluding hydrogens is 446 g/mol. The van der Waals surface area contributed by atoms with E-state index in [4.69, 9.17) is 9.47 Å². The Balaban J connectivity index is 1.23. The molecule has 1 heterocycles. The van der Waals surface area contributed by atoms with Crippen LogP contribution < -0.4 is 4.74 Å². The molecule has 1 aliphatic rings. The Kier molecular flexibility index (Phi) is 8.48. The number of benzene rings is 3. The van der Waals surface area contributed by atoms with Crippen LogP contribution >= 0.6 is 0 Å². The van der Waals surface area contributed by atoms with Gasteiger partial charge in [-0.3, -0.25) is 4.79 Å². The van der Waals surface area contributed by atoms with Crippen LogP contribution in [-0.4, -0.2) is 36.1 Å². The summed E-state index contributed by atoms with van der Waals surface area (Å²) in [5.74, 6) is 1.37. The van der Waals surface area contributed by atoms with Gasteiger partial charge in [-0.2, -0.15) is 0 Å². The number of likely N-dealkylation sites (tertiary alicyclic amines) is 1. The Hall–Kier alpha value is -3.11. The number of nitrogens with zero attached hydrogens (tertiary/aromatic N) is 1. The Bertz CT molecular complexity index is 1120. The van der Waals surface area contributed by atoms with Crippen LogP contribution in [0.4, 0.5) is 0 Å². The van der Waals surface area contributed by atoms with Crippen LogP contribution in [0.3, 0.4) is 0 Å². The van der Waals surface area contributed by atoms with Gasteiger partial charge in [0.1, 0.15) is 18.0 Å². The second-order valence-electron chi connectivity index (χ2n) is 10.8. The summed E-state index contributed by atoms with van der Waals surface area (Å²) in [4.78, 5) is 14.4. The molecule has 4 rings (SSSR count). The number of ether oxygens (including phenoxy) is 2. The lowest BCUT2D eigenvalue weighted by Gasteiger charge is -2.32. The Morgan fingerprint density at radius 1 is 0.944 bits per heavy atom. The van der Waals surface area contributed by atoms with Gasteiger partial charge in [0.25, 0.3) is 0 Å². The normalized spacial score (nSPS) is 15.0. The quantitative estimate of drug-likeness (QED) is 0.318. The first-order valence-corrected chi connectivity index (χ1v) is 13.1. The third kappa shape index (κ3) is 7.44. The molecule has 0 unspecified atom stereocenters. The number of carbonyl (C=O) groups excluding carboxylic acids is 1. The van der Waals surface area contributed by atoms with Crippen LogP contribution in [0.2, 0.25) is 0 Å². The van der Waals surface area contributed by atoms with E-state index in [9.17, 15) is 4.79 Å². The SMILES string of the molecule is Cc1cc(OCc2ccc(C3CCN(CCC(=O)OC(C)(C)C)CC3)cc2)ccc1-c1ccccc1. The topological polar surface area (TPSA) is 38.8 Å². The highest BCUT2D eigenvalue weighted by atomic mass is 16.6. The van der Waals surface area contributed by atoms with E-state index in [-0.39, 0.29) is 5.97 Å². The van der Waals surface area contributed by atoms with Crippen molar-refractivity contribution < 1.29 is 14.3 Å². The zero-order chi connectivity index (χ0) is 25.5. The zero-order valence-electron chi connectivity index (χ0n) is 22.1. The van der Waals surface area contributed by atoms with Crippen LogP contribution in [-0.2, 0) is 16.1 Å². The summed E-state index contributed by atoms with van der Waals surface area (Å²) in [5, 5.41) is 0. The van der Waals surface area contributed by atoms with Crippen LogP contribution in [0, 0.1) is 6.92 Å². The standard InChI is InChI=1S/C32H39NO3/c1-24-22-29(14-15-30(24)28-8-6-5-7-9-28)35-23-25-10-12-26(13-11-25)27-16-19-33(20-17-27)21-18-31(34)36-32(2,3)4/h5-15,22,27H,16-21,23H2,1-4H3. The highest BCUT2D eigenvalue weighted by molar-refractivity contribution is 5.70. The fraction of sp³-hybridized carbons (Fsp3) is 0.406. The molecule has 3 aromatic carbocycles. The molecule has 0 spiro atoms. The Morgan fingerprint density at radius 2 is 1.64 bits per heavy atom. The number of esters is 1. The van der Waals surface area contributed by atoms with Gasteiger partial charge in [-0.1, -0.05) is 60.7 Å². The summed E-state index contributed by atoms with van der Waals surface area (Å²) in [7, 11) is 0. The van der Waals surface area contributed by atoms with Gasteiger partial charge in [-0.05, 0) is 99.5 Å². The number of rotatable bonds is 8. The van der Waals surface area contributed by atoms with E-state index in [0.717, 1.165) is 38.2 Å². The first-order valence-electron chi connectivity index (χ1n) is 13.1. The minimum absolute atomic E-state index is 0.107. The van der Waals surface area contributed by atoms with Crippen molar-refractivity contribution in [2.24, 2.45) is 0 Å². The molecule has 0 N–H and O–H groups in total. The van der Waals surface area contributed by atoms with Gasteiger partial charge in [-0.25, -0.2) is 0 Å². The average molecular weight is 486 g/mol. The van der Waals surface area contributed by atoms with Crippen LogP contribution in [0.5, 0.6) is 5.75 Å². The van der Waals surface area contributed by atoms with Crippen molar-refractivity contribution >= 4 is 5.97 Å². The molecule has 1 fully saturated rings. The van der Waals surface area contributed by atoms with Gasteiger partial charge in [0.2, 0.25) is 0 Å². The predicted molar refractivity (Wildman–Crippen MR) is 146 cm³/mol. The minimum Gasteiger partial charge on any atom is -0.489 e. The maximum absolute atomic E-state index is 12.0. The highest BCUT2D eigenvalue weighted by Gasteiger charge is 2.22. The smallest absolute Gasteiger partial charge is 0.307 e. The van der Waals surface area contributed by atoms with Gasteiger partial charge < -0.3 is 14.4 Å². The summed E-state index contributed by atoms with van der Waals surface area (Å²) in [6.07, 6.45) is 2.71. The maximum Gasteiger partial charge on any atom is 0.307 e. The van der Waals surface area contributed by atoms with E-state index < -0.39 is 5.60 Å². The molecule has 4 nitrogen and oxygen atoms in total. The van der Waals surface area contributed by atoms with Gasteiger partial charge in [-0.15, -0.1) is 0 Å². The van der Waals surface area contributed by atoms with E-state index in [1.54, 1.807) is 0 Å². The van der Waals surface area contributed by atoms with Crippen LogP contribution in [0.25, 0.3) is 11.1 Å². The van der Waals surface area contributed by atoms with Crippen molar-refractivity contribution in [3.8, 4) is 16.9 Å². The molecule has 190 valence electrons. The van der Waals surface area contributed by atoms with Crippen molar-refractivity contribution in [1.82, 2.24) is 4.90 Å². The third-order valence-electron chi connectivity index (χ3n) is 6.78. The summed E-state index contributed by atoms with van der Waals surface area (Å²) in [5.41, 5.74) is 5.85. The van der Waals surface area contributed by atoms with E-state index in [2.05, 4.69) is 78.6 Å². The summed E-state index contributed by atoms with van der Waals surface area (Å²) < 4.78 is 11.5. The molecule has 1 aliphatic heterocycles. The maximum atomic E-state index is 12.0. The number of hydrogen-bond donors (Lipinski definition) is 0. The summed E-state index contributed by atoms with van der Waals surface area (Å²) in [6.45, 7) is 11.3. The largest absolute Gasteiger partial charge is 0.489 e. The molecule has 0 radical (unpaired) electrons. The van der Waals surface area contributed by atoms with Gasteiger partial charge in [0, 0.05) is 6.54 Å². The lowest BCUT2D eigenvalue weighted by molar-refractivity contribution is -0.155. The molecular formula is C32H39NO3. The van der Waals surface area contributed by atoms with Crippen molar-refractivity contribution in [2.45, 2.75) is 65.1 Å². The van der Waals surface area contributed by atoms with E-state index in [1.807, 2.05) is 26.8 Å². The Labute approximate surface area is 216 Å². The van der Waals surface area contributed by atoms with E-state index in [1.165, 1.54) is 27.8 Å². The van der Waals surface area contributed by atoms with Gasteiger partial charge in [0.15, 0.2) is 0 Å². The molecule has 0 aromatic heterocycles. The van der Waals surface area contributed by atoms with Crippen molar-refractivity contribution in [3.63, 3.8) is 0 Å². The lowest BCUT2D eigenvalue weighted by Crippen LogP contribution is -2.35. The monoisotopic (exact) mass is 485 g/mol. The second kappa shape index (κ2) is 11.7. The molecule has 36 heavy (non-hydrogen) atoms. The molecule has 0 atom stereocenters. The minimum atomic E-state index is -0.410. The van der Waals surface area contributed by atoms with Gasteiger partial charge in [0.05, 0.1) is 6.42 Å². The number of hydrogen-bond acceptors (Lipinski definition) is 4. The zero-order valence-corrected chi connectivity index (χ0v) is 22.1. The highest BCUT2D eigenvalue weighted by Crippen LogP contribution is 2.29. The fourth-order valence-corrected chi connectivity index (χ4v) is 4.85. The first-order chi connectivity index (χ1) is 17.3. The average Bonchev–Trinajstić information content (AvgIpc) is 2.86. The molecule has 4 heteroatoms.